The highest BCUT2D eigenvalue weighted by molar-refractivity contribution is 7.92. The summed E-state index contributed by atoms with van der Waals surface area (Å²) in [5.74, 6) is -0.656. The van der Waals surface area contributed by atoms with Gasteiger partial charge in [0.25, 0.3) is 10.0 Å². The number of nitrogens with zero attached hydrogens (tertiary/aromatic N) is 1. The molecule has 0 saturated carbocycles. The first-order chi connectivity index (χ1) is 13.7. The van der Waals surface area contributed by atoms with E-state index in [4.69, 9.17) is 27.9 Å². The fourth-order valence-corrected chi connectivity index (χ4v) is 4.62. The minimum Gasteiger partial charge on any atom is -0.462 e. The van der Waals surface area contributed by atoms with Gasteiger partial charge in [-0.05, 0) is 55.0 Å². The van der Waals surface area contributed by atoms with Crippen LogP contribution in [0.3, 0.4) is 0 Å². The number of carbonyl (C=O) groups is 1. The minimum absolute atomic E-state index is 0.0718. The molecule has 8 heteroatoms. The number of sulfonamides is 1. The number of hydrogen-bond donors (Lipinski definition) is 0. The number of esters is 1. The molecule has 3 aromatic rings. The number of carbonyl (C=O) groups excluding carboxylic acids is 1. The third-order valence-electron chi connectivity index (χ3n) is 4.14. The van der Waals surface area contributed by atoms with Gasteiger partial charge in [-0.2, -0.15) is 0 Å². The average Bonchev–Trinajstić information content (AvgIpc) is 2.67. The van der Waals surface area contributed by atoms with Crippen molar-refractivity contribution >= 4 is 55.7 Å². The van der Waals surface area contributed by atoms with Gasteiger partial charge < -0.3 is 4.74 Å². The van der Waals surface area contributed by atoms with Crippen LogP contribution in [-0.2, 0) is 19.6 Å². The van der Waals surface area contributed by atoms with Crippen molar-refractivity contribution in [1.82, 2.24) is 0 Å². The zero-order valence-corrected chi connectivity index (χ0v) is 18.1. The molecule has 0 spiro atoms. The number of rotatable bonds is 6. The van der Waals surface area contributed by atoms with Crippen LogP contribution in [-0.4, -0.2) is 27.0 Å². The van der Waals surface area contributed by atoms with Crippen molar-refractivity contribution in [3.63, 3.8) is 0 Å². The molecule has 3 aromatic carbocycles. The third kappa shape index (κ3) is 4.83. The summed E-state index contributed by atoms with van der Waals surface area (Å²) in [6.45, 7) is 2.93. The highest BCUT2D eigenvalue weighted by atomic mass is 35.5. The zero-order chi connectivity index (χ0) is 21.2. The second-order valence-electron chi connectivity index (χ2n) is 6.66. The summed E-state index contributed by atoms with van der Waals surface area (Å²) in [5.41, 5.74) is 0.343. The third-order valence-corrected chi connectivity index (χ3v) is 6.65. The van der Waals surface area contributed by atoms with E-state index in [9.17, 15) is 13.2 Å². The largest absolute Gasteiger partial charge is 0.462 e. The van der Waals surface area contributed by atoms with Gasteiger partial charge in [0, 0.05) is 0 Å². The maximum absolute atomic E-state index is 13.4. The maximum atomic E-state index is 13.4. The molecule has 0 aliphatic carbocycles. The lowest BCUT2D eigenvalue weighted by Gasteiger charge is -2.24. The lowest BCUT2D eigenvalue weighted by molar-refractivity contribution is -0.145. The highest BCUT2D eigenvalue weighted by Gasteiger charge is 2.29. The van der Waals surface area contributed by atoms with E-state index in [1.807, 2.05) is 24.3 Å². The molecule has 0 unspecified atom stereocenters. The monoisotopic (exact) mass is 451 g/mol. The van der Waals surface area contributed by atoms with Crippen molar-refractivity contribution in [2.45, 2.75) is 24.8 Å². The number of anilines is 1. The molecule has 0 radical (unpaired) electrons. The van der Waals surface area contributed by atoms with Crippen molar-refractivity contribution in [2.75, 3.05) is 10.8 Å². The van der Waals surface area contributed by atoms with Crippen LogP contribution in [0.15, 0.2) is 65.6 Å². The second kappa shape index (κ2) is 8.61. The Hall–Kier alpha value is -2.28. The van der Waals surface area contributed by atoms with Gasteiger partial charge in [0.05, 0.1) is 26.7 Å². The number of benzene rings is 3. The molecule has 0 amide bonds. The fourth-order valence-electron chi connectivity index (χ4n) is 2.83. The van der Waals surface area contributed by atoms with E-state index in [1.165, 1.54) is 18.2 Å². The van der Waals surface area contributed by atoms with Crippen molar-refractivity contribution < 1.29 is 17.9 Å². The average molecular weight is 452 g/mol. The Labute approximate surface area is 179 Å². The molecule has 152 valence electrons. The van der Waals surface area contributed by atoms with Crippen LogP contribution < -0.4 is 4.31 Å². The lowest BCUT2D eigenvalue weighted by atomic mass is 10.1. The van der Waals surface area contributed by atoms with Crippen LogP contribution in [0.2, 0.25) is 10.0 Å². The quantitative estimate of drug-likeness (QED) is 0.477. The van der Waals surface area contributed by atoms with Gasteiger partial charge in [0.15, 0.2) is 0 Å². The minimum atomic E-state index is -4.10. The molecule has 0 fully saturated rings. The Morgan fingerprint density at radius 2 is 1.66 bits per heavy atom. The van der Waals surface area contributed by atoms with E-state index in [2.05, 4.69) is 0 Å². The SMILES string of the molecule is CC(C)OC(=O)CN(c1ccc2ccccc2c1)S(=O)(=O)c1ccc(Cl)c(Cl)c1. The Morgan fingerprint density at radius 1 is 0.966 bits per heavy atom. The molecule has 0 atom stereocenters. The highest BCUT2D eigenvalue weighted by Crippen LogP contribution is 2.30. The number of hydrogen-bond acceptors (Lipinski definition) is 4. The second-order valence-corrected chi connectivity index (χ2v) is 9.33. The van der Waals surface area contributed by atoms with E-state index in [0.29, 0.717) is 5.69 Å². The molecule has 0 aromatic heterocycles. The molecule has 0 aliphatic heterocycles. The Kier molecular flexibility index (Phi) is 6.36. The lowest BCUT2D eigenvalue weighted by Crippen LogP contribution is -2.37. The zero-order valence-electron chi connectivity index (χ0n) is 15.8. The molecule has 0 bridgehead atoms. The first-order valence-corrected chi connectivity index (χ1v) is 11.0. The summed E-state index contributed by atoms with van der Waals surface area (Å²) in [4.78, 5) is 12.3. The van der Waals surface area contributed by atoms with Crippen molar-refractivity contribution in [3.8, 4) is 0 Å². The topological polar surface area (TPSA) is 63.7 Å². The first kappa shape index (κ1) is 21.4. The van der Waals surface area contributed by atoms with Gasteiger partial charge in [-0.1, -0.05) is 53.5 Å². The molecule has 0 N–H and O–H groups in total. The number of halogens is 2. The fraction of sp³-hybridized carbons (Fsp3) is 0.190. The first-order valence-electron chi connectivity index (χ1n) is 8.84. The molecular weight excluding hydrogens is 433 g/mol. The van der Waals surface area contributed by atoms with E-state index >= 15 is 0 Å². The predicted molar refractivity (Wildman–Crippen MR) is 116 cm³/mol. The van der Waals surface area contributed by atoms with Gasteiger partial charge in [0.1, 0.15) is 6.54 Å². The summed E-state index contributed by atoms with van der Waals surface area (Å²) in [7, 11) is -4.10. The summed E-state index contributed by atoms with van der Waals surface area (Å²) in [6.07, 6.45) is -0.367. The molecule has 3 rings (SSSR count). The molecule has 5 nitrogen and oxygen atoms in total. The maximum Gasteiger partial charge on any atom is 0.327 e. The Bertz CT molecular complexity index is 1160. The molecule has 0 heterocycles. The van der Waals surface area contributed by atoms with Crippen molar-refractivity contribution in [2.24, 2.45) is 0 Å². The van der Waals surface area contributed by atoms with E-state index in [-0.39, 0.29) is 21.0 Å². The van der Waals surface area contributed by atoms with E-state index in [1.54, 1.807) is 32.0 Å². The normalized spacial score (nSPS) is 11.6. The standard InChI is InChI=1S/C21H19Cl2NO4S/c1-14(2)28-21(25)13-24(17-8-7-15-5-3-4-6-16(15)11-17)29(26,27)18-9-10-19(22)20(23)12-18/h3-12,14H,13H2,1-2H3. The van der Waals surface area contributed by atoms with Crippen LogP contribution in [0.1, 0.15) is 13.8 Å². The van der Waals surface area contributed by atoms with Crippen LogP contribution in [0.5, 0.6) is 0 Å². The van der Waals surface area contributed by atoms with Gasteiger partial charge in [0.2, 0.25) is 0 Å². The van der Waals surface area contributed by atoms with Crippen LogP contribution in [0.4, 0.5) is 5.69 Å². The summed E-state index contributed by atoms with van der Waals surface area (Å²) in [6, 6.07) is 16.7. The Balaban J connectivity index is 2.10. The van der Waals surface area contributed by atoms with Gasteiger partial charge >= 0.3 is 5.97 Å². The van der Waals surface area contributed by atoms with Crippen LogP contribution >= 0.6 is 23.2 Å². The predicted octanol–water partition coefficient (Wildman–Crippen LogP) is 5.29. The summed E-state index contributed by atoms with van der Waals surface area (Å²) < 4.78 is 32.9. The molecule has 29 heavy (non-hydrogen) atoms. The van der Waals surface area contributed by atoms with Gasteiger partial charge in [-0.15, -0.1) is 0 Å². The smallest absolute Gasteiger partial charge is 0.327 e. The molecule has 0 aliphatic rings. The number of ether oxygens (including phenoxy) is 1. The summed E-state index contributed by atoms with van der Waals surface area (Å²) in [5, 5.41) is 2.14. The van der Waals surface area contributed by atoms with E-state index in [0.717, 1.165) is 15.1 Å². The summed E-state index contributed by atoms with van der Waals surface area (Å²) >= 11 is 11.9. The van der Waals surface area contributed by atoms with E-state index < -0.39 is 22.5 Å². The number of fused-ring (bicyclic) bond motifs is 1. The van der Waals surface area contributed by atoms with Crippen LogP contribution in [0.25, 0.3) is 10.8 Å². The molecular formula is C21H19Cl2NO4S. The van der Waals surface area contributed by atoms with Gasteiger partial charge in [-0.25, -0.2) is 8.42 Å². The van der Waals surface area contributed by atoms with Crippen molar-refractivity contribution in [1.29, 1.82) is 0 Å². The molecule has 0 saturated heterocycles. The van der Waals surface area contributed by atoms with Crippen LogP contribution in [0, 0.1) is 0 Å². The van der Waals surface area contributed by atoms with Gasteiger partial charge in [-0.3, -0.25) is 9.10 Å². The van der Waals surface area contributed by atoms with Crippen molar-refractivity contribution in [3.05, 3.63) is 70.7 Å². The Morgan fingerprint density at radius 3 is 2.31 bits per heavy atom.